The summed E-state index contributed by atoms with van der Waals surface area (Å²) >= 11 is 1.24. The highest BCUT2D eigenvalue weighted by Gasteiger charge is 2.22. The second kappa shape index (κ2) is 9.14. The van der Waals surface area contributed by atoms with Crippen molar-refractivity contribution in [2.75, 3.05) is 7.05 Å². The topological polar surface area (TPSA) is 102 Å². The van der Waals surface area contributed by atoms with Gasteiger partial charge in [-0.3, -0.25) is 19.7 Å². The minimum absolute atomic E-state index is 0.401. The Balaban J connectivity index is 1.89. The largest absolute Gasteiger partial charge is 0.341 e. The van der Waals surface area contributed by atoms with Crippen LogP contribution in [0.2, 0.25) is 0 Å². The smallest absolute Gasteiger partial charge is 0.321 e. The second-order valence-electron chi connectivity index (χ2n) is 5.95. The lowest BCUT2D eigenvalue weighted by Crippen LogP contribution is -2.41. The lowest BCUT2D eigenvalue weighted by Gasteiger charge is -2.13. The highest BCUT2D eigenvalue weighted by atomic mass is 32.2. The van der Waals surface area contributed by atoms with E-state index in [-0.39, 0.29) is 0 Å². The van der Waals surface area contributed by atoms with Crippen LogP contribution in [-0.2, 0) is 11.3 Å². The third kappa shape index (κ3) is 4.74. The molecular weight excluding hydrogens is 376 g/mol. The fourth-order valence-corrected chi connectivity index (χ4v) is 3.33. The molecule has 0 aliphatic heterocycles. The lowest BCUT2D eigenvalue weighted by atomic mass is 10.2. The van der Waals surface area contributed by atoms with Crippen molar-refractivity contribution in [2.45, 2.75) is 23.9 Å². The Labute approximate surface area is 166 Å². The second-order valence-corrected chi connectivity index (χ2v) is 7.26. The molecule has 2 aromatic heterocycles. The van der Waals surface area contributed by atoms with Crippen molar-refractivity contribution in [1.82, 2.24) is 30.4 Å². The predicted molar refractivity (Wildman–Crippen MR) is 107 cm³/mol. The van der Waals surface area contributed by atoms with E-state index < -0.39 is 17.2 Å². The molecule has 0 aliphatic carbocycles. The number of hydrogen-bond acceptors (Lipinski definition) is 6. The van der Waals surface area contributed by atoms with Gasteiger partial charge in [-0.1, -0.05) is 42.1 Å². The summed E-state index contributed by atoms with van der Waals surface area (Å²) < 4.78 is 1.95. The first-order valence-electron chi connectivity index (χ1n) is 8.65. The molecule has 8 nitrogen and oxygen atoms in total. The van der Waals surface area contributed by atoms with Crippen LogP contribution >= 0.6 is 11.8 Å². The number of nitrogens with zero attached hydrogens (tertiary/aromatic N) is 4. The molecule has 0 fully saturated rings. The summed E-state index contributed by atoms with van der Waals surface area (Å²) in [5, 5.41) is 13.3. The summed E-state index contributed by atoms with van der Waals surface area (Å²) in [5.41, 5.74) is 1.91. The number of carbonyl (C=O) groups is 2. The van der Waals surface area contributed by atoms with Crippen LogP contribution in [-0.4, -0.2) is 44.0 Å². The van der Waals surface area contributed by atoms with Crippen LogP contribution in [0, 0.1) is 0 Å². The molecule has 0 saturated carbocycles. The Morgan fingerprint density at radius 3 is 2.61 bits per heavy atom. The van der Waals surface area contributed by atoms with Crippen LogP contribution < -0.4 is 10.6 Å². The number of rotatable bonds is 6. The van der Waals surface area contributed by atoms with Crippen molar-refractivity contribution in [3.63, 3.8) is 0 Å². The van der Waals surface area contributed by atoms with Crippen molar-refractivity contribution in [2.24, 2.45) is 0 Å². The molecule has 0 aliphatic rings. The number of amides is 3. The molecule has 0 bridgehead atoms. The van der Waals surface area contributed by atoms with Crippen LogP contribution in [0.25, 0.3) is 11.4 Å². The minimum Gasteiger partial charge on any atom is -0.341 e. The first kappa shape index (κ1) is 19.6. The van der Waals surface area contributed by atoms with Crippen LogP contribution in [0.5, 0.6) is 0 Å². The van der Waals surface area contributed by atoms with Gasteiger partial charge < -0.3 is 5.32 Å². The van der Waals surface area contributed by atoms with Gasteiger partial charge >= 0.3 is 6.03 Å². The molecule has 3 rings (SSSR count). The van der Waals surface area contributed by atoms with Crippen molar-refractivity contribution in [1.29, 1.82) is 0 Å². The van der Waals surface area contributed by atoms with Crippen molar-refractivity contribution < 1.29 is 9.59 Å². The van der Waals surface area contributed by atoms with E-state index in [0.717, 1.165) is 11.1 Å². The molecular formula is C19H20N6O2S. The van der Waals surface area contributed by atoms with Crippen LogP contribution in [0.4, 0.5) is 4.79 Å². The first-order valence-corrected chi connectivity index (χ1v) is 9.53. The molecule has 0 spiro atoms. The quantitative estimate of drug-likeness (QED) is 0.620. The molecule has 3 amide bonds. The number of aromatic nitrogens is 4. The number of hydrogen-bond donors (Lipinski definition) is 2. The van der Waals surface area contributed by atoms with Crippen LogP contribution in [0.3, 0.4) is 0 Å². The Morgan fingerprint density at radius 2 is 1.93 bits per heavy atom. The molecule has 28 heavy (non-hydrogen) atoms. The maximum Gasteiger partial charge on any atom is 0.321 e. The van der Waals surface area contributed by atoms with E-state index in [2.05, 4.69) is 25.8 Å². The Morgan fingerprint density at radius 1 is 1.14 bits per heavy atom. The van der Waals surface area contributed by atoms with E-state index in [1.807, 2.05) is 47.0 Å². The van der Waals surface area contributed by atoms with E-state index >= 15 is 0 Å². The van der Waals surface area contributed by atoms with Gasteiger partial charge in [-0.25, -0.2) is 4.79 Å². The van der Waals surface area contributed by atoms with Crippen LogP contribution in [0.1, 0.15) is 12.5 Å². The zero-order valence-electron chi connectivity index (χ0n) is 15.5. The predicted octanol–water partition coefficient (Wildman–Crippen LogP) is 2.32. The van der Waals surface area contributed by atoms with Gasteiger partial charge in [-0.15, -0.1) is 10.2 Å². The molecule has 2 heterocycles. The average molecular weight is 396 g/mol. The Hall–Kier alpha value is -3.20. The van der Waals surface area contributed by atoms with Gasteiger partial charge in [-0.2, -0.15) is 0 Å². The van der Waals surface area contributed by atoms with E-state index in [1.165, 1.54) is 18.8 Å². The third-order valence-corrected chi connectivity index (χ3v) is 5.02. The van der Waals surface area contributed by atoms with Gasteiger partial charge in [0, 0.05) is 25.0 Å². The molecule has 0 radical (unpaired) electrons. The van der Waals surface area contributed by atoms with E-state index in [9.17, 15) is 9.59 Å². The molecule has 2 N–H and O–H groups in total. The van der Waals surface area contributed by atoms with Gasteiger partial charge in [-0.05, 0) is 24.6 Å². The average Bonchev–Trinajstić information content (AvgIpc) is 3.11. The molecule has 9 heteroatoms. The van der Waals surface area contributed by atoms with E-state index in [1.54, 1.807) is 19.3 Å². The number of urea groups is 1. The van der Waals surface area contributed by atoms with Crippen LogP contribution in [0.15, 0.2) is 60.0 Å². The Bertz CT molecular complexity index is 946. The lowest BCUT2D eigenvalue weighted by molar-refractivity contribution is -0.119. The van der Waals surface area contributed by atoms with Gasteiger partial charge in [0.05, 0.1) is 11.8 Å². The normalized spacial score (nSPS) is 11.6. The summed E-state index contributed by atoms with van der Waals surface area (Å²) in [7, 11) is 1.46. The number of carbonyl (C=O) groups excluding carboxylic acids is 2. The van der Waals surface area contributed by atoms with Gasteiger partial charge in [0.25, 0.3) is 0 Å². The molecule has 144 valence electrons. The summed E-state index contributed by atoms with van der Waals surface area (Å²) in [6, 6.07) is 13.1. The Kier molecular flexibility index (Phi) is 6.38. The molecule has 1 atom stereocenters. The van der Waals surface area contributed by atoms with E-state index in [0.29, 0.717) is 17.5 Å². The molecule has 0 saturated heterocycles. The van der Waals surface area contributed by atoms with Gasteiger partial charge in [0.15, 0.2) is 11.0 Å². The first-order chi connectivity index (χ1) is 13.6. The number of thioether (sulfide) groups is 1. The zero-order chi connectivity index (χ0) is 19.9. The molecule has 1 aromatic carbocycles. The van der Waals surface area contributed by atoms with Gasteiger partial charge in [0.1, 0.15) is 0 Å². The fraction of sp³-hybridized carbons (Fsp3) is 0.211. The number of benzene rings is 1. The highest BCUT2D eigenvalue weighted by Crippen LogP contribution is 2.27. The van der Waals surface area contributed by atoms with Gasteiger partial charge in [0.2, 0.25) is 5.91 Å². The standard InChI is InChI=1S/C19H20N6O2S/c1-13(17(26)22-18(27)20-2)28-19-24-23-16(15-9-6-10-21-11-15)25(19)12-14-7-4-3-5-8-14/h3-11,13H,12H2,1-2H3,(H2,20,22,26,27)/t13-/m1/s1. The number of imide groups is 1. The maximum absolute atomic E-state index is 12.2. The van der Waals surface area contributed by atoms with E-state index in [4.69, 9.17) is 0 Å². The fourth-order valence-electron chi connectivity index (χ4n) is 2.48. The third-order valence-electron chi connectivity index (χ3n) is 3.94. The highest BCUT2D eigenvalue weighted by molar-refractivity contribution is 8.00. The zero-order valence-corrected chi connectivity index (χ0v) is 16.3. The number of nitrogens with one attached hydrogen (secondary N) is 2. The maximum atomic E-state index is 12.2. The number of pyridine rings is 1. The summed E-state index contributed by atoms with van der Waals surface area (Å²) in [6.07, 6.45) is 3.42. The SMILES string of the molecule is CNC(=O)NC(=O)[C@@H](C)Sc1nnc(-c2cccnc2)n1Cc1ccccc1. The molecule has 0 unspecified atom stereocenters. The molecule has 3 aromatic rings. The summed E-state index contributed by atoms with van der Waals surface area (Å²) in [4.78, 5) is 27.7. The summed E-state index contributed by atoms with van der Waals surface area (Å²) in [6.45, 7) is 2.26. The van der Waals surface area contributed by atoms with Crippen molar-refractivity contribution in [3.05, 3.63) is 60.4 Å². The van der Waals surface area contributed by atoms with Crippen molar-refractivity contribution in [3.8, 4) is 11.4 Å². The monoisotopic (exact) mass is 396 g/mol. The summed E-state index contributed by atoms with van der Waals surface area (Å²) in [5.74, 6) is 0.264. The minimum atomic E-state index is -0.542. The van der Waals surface area contributed by atoms with Crippen molar-refractivity contribution >= 4 is 23.7 Å².